The van der Waals surface area contributed by atoms with Crippen LogP contribution >= 0.6 is 0 Å². The van der Waals surface area contributed by atoms with Crippen LogP contribution in [0.1, 0.15) is 0 Å². The lowest BCUT2D eigenvalue weighted by molar-refractivity contribution is -0.378. The number of nitrogens with two attached hydrogens (primary N) is 2. The van der Waals surface area contributed by atoms with Gasteiger partial charge in [-0.05, 0) is 12.2 Å². The van der Waals surface area contributed by atoms with Crippen LogP contribution in [0.25, 0.3) is 0 Å². The highest BCUT2D eigenvalue weighted by atomic mass is 16.4. The fourth-order valence-electron chi connectivity index (χ4n) is 0.936. The van der Waals surface area contributed by atoms with Gasteiger partial charge in [0.15, 0.2) is 24.8 Å². The number of carboxylic acid groups (broad SMARTS) is 2. The fourth-order valence-corrected chi connectivity index (χ4v) is 0.936. The average molecular weight is 304 g/mol. The molecule has 0 atom stereocenters. The second-order valence-corrected chi connectivity index (χ2v) is 3.64. The number of nitrogens with one attached hydrogen (secondary N) is 2. The number of H-pyrrole nitrogens is 2. The molecule has 116 valence electrons. The predicted molar refractivity (Wildman–Crippen MR) is 74.0 cm³/mol. The lowest BCUT2D eigenvalue weighted by Crippen LogP contribution is -2.23. The molecule has 8 nitrogen and oxygen atoms in total. The van der Waals surface area contributed by atoms with Gasteiger partial charge >= 0.3 is 0 Å². The number of aliphatic carboxylic acids is 2. The minimum absolute atomic E-state index is 0.384. The van der Waals surface area contributed by atoms with Crippen LogP contribution < -0.4 is 31.6 Å². The molecule has 8 heteroatoms. The van der Waals surface area contributed by atoms with E-state index < -0.39 is 11.9 Å². The predicted octanol–water partition coefficient (Wildman–Crippen LogP) is -2.79. The van der Waals surface area contributed by atoms with E-state index in [1.807, 2.05) is 0 Å². The first-order chi connectivity index (χ1) is 10.4. The van der Waals surface area contributed by atoms with E-state index in [0.29, 0.717) is 12.2 Å². The first-order valence-corrected chi connectivity index (χ1v) is 5.95. The molecule has 0 saturated carbocycles. The fraction of sp³-hybridized carbons (Fsp3) is 0. The summed E-state index contributed by atoms with van der Waals surface area (Å²) in [4.78, 5) is 24.5. The van der Waals surface area contributed by atoms with Crippen molar-refractivity contribution >= 4 is 23.3 Å². The van der Waals surface area contributed by atoms with Gasteiger partial charge in [0.1, 0.15) is 0 Å². The minimum atomic E-state index is -1.55. The number of aromatic amines is 2. The van der Waals surface area contributed by atoms with Gasteiger partial charge < -0.3 is 31.3 Å². The quantitative estimate of drug-likeness (QED) is 0.570. The van der Waals surface area contributed by atoms with Gasteiger partial charge in [-0.15, -0.1) is 0 Å². The van der Waals surface area contributed by atoms with Crippen LogP contribution in [0.3, 0.4) is 0 Å². The van der Waals surface area contributed by atoms with Crippen LogP contribution in [0.2, 0.25) is 0 Å². The number of anilines is 2. The smallest absolute Gasteiger partial charge is 0.169 e. The first-order valence-electron chi connectivity index (χ1n) is 5.95. The molecule has 0 unspecified atom stereocenters. The third kappa shape index (κ3) is 13.0. The van der Waals surface area contributed by atoms with E-state index in [2.05, 4.69) is 9.97 Å². The maximum absolute atomic E-state index is 9.41. The zero-order chi connectivity index (χ0) is 16.8. The van der Waals surface area contributed by atoms with Gasteiger partial charge in [0.2, 0.25) is 0 Å². The van der Waals surface area contributed by atoms with Gasteiger partial charge in [0.05, 0.1) is 11.9 Å². The van der Waals surface area contributed by atoms with Crippen molar-refractivity contribution in [2.45, 2.75) is 0 Å². The average Bonchev–Trinajstić information content (AvgIpc) is 2.48. The molecule has 6 N–H and O–H groups in total. The Hall–Kier alpha value is -3.42. The molecule has 22 heavy (non-hydrogen) atoms. The topological polar surface area (TPSA) is 161 Å². The molecule has 0 aliphatic carbocycles. The molecular formula is C14H16N4O4. The van der Waals surface area contributed by atoms with Crippen molar-refractivity contribution in [2.75, 3.05) is 11.5 Å². The Morgan fingerprint density at radius 3 is 1.18 bits per heavy atom. The second-order valence-electron chi connectivity index (χ2n) is 3.64. The Labute approximate surface area is 126 Å². The zero-order valence-electron chi connectivity index (χ0n) is 11.6. The highest BCUT2D eigenvalue weighted by Gasteiger charge is 1.79. The molecule has 0 aliphatic rings. The summed E-state index contributed by atoms with van der Waals surface area (Å²) in [7, 11) is 0. The van der Waals surface area contributed by atoms with Gasteiger partial charge in [-0.3, -0.25) is 0 Å². The monoisotopic (exact) mass is 304 g/mol. The number of rotatable bonds is 2. The summed E-state index contributed by atoms with van der Waals surface area (Å²) in [6, 6.07) is 7.22. The standard InChI is InChI=1S/2C5H6N2.C4H4O4/c2*6-5-1-3-7-4-2-5;5-3(6)1-2-4(7)8/h2*1-4H,(H2,6,7);1-2H,(H,5,6)(H,7,8)/b;;2-1-. The van der Waals surface area contributed by atoms with E-state index in [-0.39, 0.29) is 0 Å². The number of pyridine rings is 2. The van der Waals surface area contributed by atoms with E-state index in [9.17, 15) is 19.8 Å². The lowest BCUT2D eigenvalue weighted by atomic mass is 10.4. The maximum Gasteiger partial charge on any atom is 0.169 e. The molecular weight excluding hydrogens is 288 g/mol. The Kier molecular flexibility index (Phi) is 9.64. The van der Waals surface area contributed by atoms with Gasteiger partial charge in [0, 0.05) is 35.6 Å². The van der Waals surface area contributed by atoms with Gasteiger partial charge in [-0.1, -0.05) is 0 Å². The van der Waals surface area contributed by atoms with E-state index in [0.717, 1.165) is 11.4 Å². The van der Waals surface area contributed by atoms with Crippen molar-refractivity contribution in [3.05, 3.63) is 61.2 Å². The van der Waals surface area contributed by atoms with Gasteiger partial charge in [-0.25, -0.2) is 9.97 Å². The Bertz CT molecular complexity index is 535. The summed E-state index contributed by atoms with van der Waals surface area (Å²) in [5.41, 5.74) is 12.3. The molecule has 0 aliphatic heterocycles. The van der Waals surface area contributed by atoms with Crippen molar-refractivity contribution in [1.29, 1.82) is 0 Å². The Morgan fingerprint density at radius 2 is 1.05 bits per heavy atom. The van der Waals surface area contributed by atoms with Crippen LogP contribution in [0, 0.1) is 0 Å². The van der Waals surface area contributed by atoms with E-state index in [1.54, 1.807) is 49.1 Å². The van der Waals surface area contributed by atoms with Crippen molar-refractivity contribution < 1.29 is 29.8 Å². The molecule has 2 aromatic heterocycles. The van der Waals surface area contributed by atoms with Crippen LogP contribution in [-0.2, 0) is 9.59 Å². The lowest BCUT2D eigenvalue weighted by Gasteiger charge is -1.90. The zero-order valence-corrected chi connectivity index (χ0v) is 11.6. The number of hydrogen-bond acceptors (Lipinski definition) is 6. The normalized spacial score (nSPS) is 8.91. The largest absolute Gasteiger partial charge is 0.545 e. The van der Waals surface area contributed by atoms with Gasteiger partial charge in [0.25, 0.3) is 0 Å². The van der Waals surface area contributed by atoms with Gasteiger partial charge in [-0.2, -0.15) is 0 Å². The molecule has 0 amide bonds. The molecule has 2 heterocycles. The SMILES string of the molecule is Nc1cc[nH+]cc1.Nc1cc[nH+]cc1.O=C([O-])/C=C\C(=O)[O-]. The third-order valence-electron chi connectivity index (χ3n) is 1.84. The molecule has 2 aromatic rings. The molecule has 0 radical (unpaired) electrons. The molecule has 2 rings (SSSR count). The van der Waals surface area contributed by atoms with Crippen molar-refractivity contribution in [2.24, 2.45) is 0 Å². The number of carboxylic acids is 2. The second kappa shape index (κ2) is 11.4. The molecule has 0 fully saturated rings. The molecule has 0 spiro atoms. The highest BCUT2D eigenvalue weighted by Crippen LogP contribution is 1.90. The first kappa shape index (κ1) is 18.6. The summed E-state index contributed by atoms with van der Waals surface area (Å²) in [5.74, 6) is -3.09. The maximum atomic E-state index is 9.41. The molecule has 0 aromatic carbocycles. The van der Waals surface area contributed by atoms with E-state index in [4.69, 9.17) is 11.5 Å². The summed E-state index contributed by atoms with van der Waals surface area (Å²) in [6.07, 6.45) is 7.92. The van der Waals surface area contributed by atoms with E-state index >= 15 is 0 Å². The Morgan fingerprint density at radius 1 is 0.773 bits per heavy atom. The summed E-state index contributed by atoms with van der Waals surface area (Å²) >= 11 is 0. The summed E-state index contributed by atoms with van der Waals surface area (Å²) in [5, 5.41) is 18.8. The number of hydrogen-bond donors (Lipinski definition) is 2. The summed E-state index contributed by atoms with van der Waals surface area (Å²) < 4.78 is 0. The van der Waals surface area contributed by atoms with Crippen molar-refractivity contribution in [1.82, 2.24) is 0 Å². The van der Waals surface area contributed by atoms with E-state index in [1.165, 1.54) is 0 Å². The number of carbonyl (C=O) groups is 2. The molecule has 0 bridgehead atoms. The van der Waals surface area contributed by atoms with Crippen LogP contribution in [0.15, 0.2) is 61.2 Å². The Balaban J connectivity index is 0.000000301. The van der Waals surface area contributed by atoms with Crippen molar-refractivity contribution in [3.63, 3.8) is 0 Å². The number of carbonyl (C=O) groups excluding carboxylic acids is 2. The van der Waals surface area contributed by atoms with Crippen LogP contribution in [0.4, 0.5) is 11.4 Å². The van der Waals surface area contributed by atoms with Crippen molar-refractivity contribution in [3.8, 4) is 0 Å². The highest BCUT2D eigenvalue weighted by molar-refractivity contribution is 5.87. The number of aromatic nitrogens is 2. The minimum Gasteiger partial charge on any atom is -0.545 e. The number of nitrogen functional groups attached to an aromatic ring is 2. The van der Waals surface area contributed by atoms with Crippen LogP contribution in [0.5, 0.6) is 0 Å². The summed E-state index contributed by atoms with van der Waals surface area (Å²) in [6.45, 7) is 0. The third-order valence-corrected chi connectivity index (χ3v) is 1.84. The van der Waals surface area contributed by atoms with Crippen LogP contribution in [-0.4, -0.2) is 11.9 Å². The molecule has 0 saturated heterocycles.